The Morgan fingerprint density at radius 2 is 1.93 bits per heavy atom. The number of fused-ring (bicyclic) bond motifs is 1. The van der Waals surface area contributed by atoms with Crippen molar-refractivity contribution in [3.8, 4) is 0 Å². The highest BCUT2D eigenvalue weighted by Gasteiger charge is 2.30. The molecule has 0 bridgehead atoms. The predicted molar refractivity (Wildman–Crippen MR) is 117 cm³/mol. The molecule has 1 aliphatic rings. The summed E-state index contributed by atoms with van der Waals surface area (Å²) in [7, 11) is 0. The lowest BCUT2D eigenvalue weighted by Gasteiger charge is -2.19. The number of amides is 2. The van der Waals surface area contributed by atoms with Gasteiger partial charge in [0, 0.05) is 61.9 Å². The number of nitrogens with zero attached hydrogens (tertiary/aromatic N) is 5. The minimum Gasteiger partial charge on any atom is -0.343 e. The molecule has 2 aromatic heterocycles. The highest BCUT2D eigenvalue weighted by Crippen LogP contribution is 2.28. The van der Waals surface area contributed by atoms with Gasteiger partial charge >= 0.3 is 0 Å². The van der Waals surface area contributed by atoms with Gasteiger partial charge in [0.15, 0.2) is 5.65 Å². The summed E-state index contributed by atoms with van der Waals surface area (Å²) in [5.41, 5.74) is 4.94. The minimum atomic E-state index is 0.0259. The lowest BCUT2D eigenvalue weighted by molar-refractivity contribution is -0.133. The monoisotopic (exact) mass is 413 g/mol. The van der Waals surface area contributed by atoms with Gasteiger partial charge in [-0.3, -0.25) is 9.59 Å². The summed E-state index contributed by atoms with van der Waals surface area (Å²) >= 11 is 0. The summed E-state index contributed by atoms with van der Waals surface area (Å²) < 4.78 is 1.91. The van der Waals surface area contributed by atoms with E-state index in [0.717, 1.165) is 60.9 Å². The van der Waals surface area contributed by atoms with Crippen LogP contribution in [-0.4, -0.2) is 62.4 Å². The summed E-state index contributed by atoms with van der Waals surface area (Å²) in [4.78, 5) is 33.3. The molecule has 0 saturated carbocycles. The highest BCUT2D eigenvalue weighted by atomic mass is 16.2. The molecule has 30 heavy (non-hydrogen) atoms. The molecule has 7 nitrogen and oxygen atoms in total. The van der Waals surface area contributed by atoms with E-state index in [9.17, 15) is 9.59 Å². The first-order valence-corrected chi connectivity index (χ1v) is 11.2. The number of hydrogen-bond acceptors (Lipinski definition) is 4. The van der Waals surface area contributed by atoms with Crippen LogP contribution in [0.3, 0.4) is 0 Å². The smallest absolute Gasteiger partial charge is 0.225 e. The maximum Gasteiger partial charge on any atom is 0.225 e. The zero-order chi connectivity index (χ0) is 22.0. The molecule has 7 heteroatoms. The topological polar surface area (TPSA) is 70.8 Å². The Kier molecular flexibility index (Phi) is 6.78. The van der Waals surface area contributed by atoms with Crippen LogP contribution in [0.5, 0.6) is 0 Å². The van der Waals surface area contributed by atoms with Gasteiger partial charge in [-0.05, 0) is 46.1 Å². The second-order valence-electron chi connectivity index (χ2n) is 8.59. The number of carbonyl (C=O) groups excluding carboxylic acids is 2. The average Bonchev–Trinajstić information content (AvgIpc) is 3.35. The molecule has 164 valence electrons. The van der Waals surface area contributed by atoms with Gasteiger partial charge in [-0.25, -0.2) is 9.50 Å². The Hall–Kier alpha value is -2.44. The van der Waals surface area contributed by atoms with Gasteiger partial charge in [-0.2, -0.15) is 5.10 Å². The maximum absolute atomic E-state index is 12.4. The largest absolute Gasteiger partial charge is 0.343 e. The van der Waals surface area contributed by atoms with Crippen molar-refractivity contribution in [2.45, 2.75) is 66.7 Å². The molecule has 1 atom stereocenters. The van der Waals surface area contributed by atoms with Gasteiger partial charge in [0.1, 0.15) is 0 Å². The Morgan fingerprint density at radius 3 is 2.57 bits per heavy atom. The van der Waals surface area contributed by atoms with Gasteiger partial charge < -0.3 is 9.80 Å². The summed E-state index contributed by atoms with van der Waals surface area (Å²) in [5.74, 6) is 0.673. The van der Waals surface area contributed by atoms with Crippen LogP contribution in [0.15, 0.2) is 6.07 Å². The van der Waals surface area contributed by atoms with E-state index < -0.39 is 0 Å². The molecular formula is C23H35N5O2. The average molecular weight is 414 g/mol. The third kappa shape index (κ3) is 4.35. The zero-order valence-corrected chi connectivity index (χ0v) is 19.2. The summed E-state index contributed by atoms with van der Waals surface area (Å²) in [6, 6.07) is 2.05. The fourth-order valence-electron chi connectivity index (χ4n) is 4.44. The van der Waals surface area contributed by atoms with E-state index in [0.29, 0.717) is 12.8 Å². The molecule has 0 unspecified atom stereocenters. The van der Waals surface area contributed by atoms with E-state index in [1.54, 1.807) is 0 Å². The van der Waals surface area contributed by atoms with Crippen LogP contribution in [0.2, 0.25) is 0 Å². The predicted octanol–water partition coefficient (Wildman–Crippen LogP) is 3.12. The van der Waals surface area contributed by atoms with Crippen LogP contribution in [0.25, 0.3) is 5.65 Å². The van der Waals surface area contributed by atoms with Crippen molar-refractivity contribution in [3.05, 3.63) is 28.7 Å². The quantitative estimate of drug-likeness (QED) is 0.699. The second kappa shape index (κ2) is 9.14. The molecule has 2 aromatic rings. The summed E-state index contributed by atoms with van der Waals surface area (Å²) in [6.07, 6.45) is 2.09. The molecule has 0 N–H and O–H groups in total. The van der Waals surface area contributed by atoms with Crippen molar-refractivity contribution in [3.63, 3.8) is 0 Å². The van der Waals surface area contributed by atoms with Crippen LogP contribution in [0.1, 0.15) is 69.1 Å². The van der Waals surface area contributed by atoms with Crippen LogP contribution in [-0.2, 0) is 16.0 Å². The van der Waals surface area contributed by atoms with E-state index in [-0.39, 0.29) is 23.7 Å². The number of carbonyl (C=O) groups is 2. The van der Waals surface area contributed by atoms with Crippen molar-refractivity contribution < 1.29 is 9.59 Å². The number of aromatic nitrogens is 3. The molecule has 1 fully saturated rings. The van der Waals surface area contributed by atoms with E-state index in [1.807, 2.05) is 48.9 Å². The van der Waals surface area contributed by atoms with Crippen molar-refractivity contribution in [2.24, 2.45) is 5.92 Å². The molecule has 3 heterocycles. The number of hydrogen-bond donors (Lipinski definition) is 0. The van der Waals surface area contributed by atoms with E-state index in [1.165, 1.54) is 0 Å². The molecule has 1 aliphatic heterocycles. The molecule has 0 spiro atoms. The molecular weight excluding hydrogens is 378 g/mol. The summed E-state index contributed by atoms with van der Waals surface area (Å²) in [5, 5.41) is 4.85. The summed E-state index contributed by atoms with van der Waals surface area (Å²) in [6.45, 7) is 15.0. The molecule has 0 radical (unpaired) electrons. The fourth-order valence-corrected chi connectivity index (χ4v) is 4.44. The lowest BCUT2D eigenvalue weighted by Crippen LogP contribution is -2.32. The number of likely N-dealkylation sites (tertiary alicyclic amines) is 1. The standard InChI is InChI=1S/C23H35N5O2/c1-7-26(8-2)22(29)10-9-19-16(5)24-21-13-20(25-28(21)17(19)6)18-11-12-27(14-18)23(30)15(3)4/h13,15,18H,7-12,14H2,1-6H3/t18-/m0/s1. The normalized spacial score (nSPS) is 16.6. The fraction of sp³-hybridized carbons (Fsp3) is 0.652. The lowest BCUT2D eigenvalue weighted by atomic mass is 10.1. The Bertz CT molecular complexity index is 929. The molecule has 3 rings (SSSR count). The Balaban J connectivity index is 1.80. The van der Waals surface area contributed by atoms with Crippen LogP contribution in [0, 0.1) is 19.8 Å². The number of aryl methyl sites for hydroxylation is 2. The van der Waals surface area contributed by atoms with Crippen molar-refractivity contribution >= 4 is 17.5 Å². The first-order chi connectivity index (χ1) is 14.3. The van der Waals surface area contributed by atoms with Crippen LogP contribution in [0.4, 0.5) is 0 Å². The first kappa shape index (κ1) is 22.2. The molecule has 0 aromatic carbocycles. The van der Waals surface area contributed by atoms with Crippen LogP contribution < -0.4 is 0 Å². The minimum absolute atomic E-state index is 0.0259. The van der Waals surface area contributed by atoms with Gasteiger partial charge in [-0.15, -0.1) is 0 Å². The maximum atomic E-state index is 12.4. The number of rotatable bonds is 7. The molecule has 1 saturated heterocycles. The van der Waals surface area contributed by atoms with Gasteiger partial charge in [-0.1, -0.05) is 13.8 Å². The van der Waals surface area contributed by atoms with Crippen molar-refractivity contribution in [1.82, 2.24) is 24.4 Å². The van der Waals surface area contributed by atoms with E-state index >= 15 is 0 Å². The second-order valence-corrected chi connectivity index (χ2v) is 8.59. The highest BCUT2D eigenvalue weighted by molar-refractivity contribution is 5.78. The third-order valence-corrected chi connectivity index (χ3v) is 6.30. The van der Waals surface area contributed by atoms with Crippen LogP contribution >= 0.6 is 0 Å². The first-order valence-electron chi connectivity index (χ1n) is 11.2. The Morgan fingerprint density at radius 1 is 1.23 bits per heavy atom. The van der Waals surface area contributed by atoms with E-state index in [2.05, 4.69) is 13.0 Å². The van der Waals surface area contributed by atoms with Gasteiger partial charge in [0.05, 0.1) is 5.69 Å². The Labute approximate surface area is 179 Å². The van der Waals surface area contributed by atoms with Gasteiger partial charge in [0.2, 0.25) is 11.8 Å². The SMILES string of the molecule is CCN(CC)C(=O)CCc1c(C)nc2cc([C@H]3CCN(C(=O)C(C)C)C3)nn2c1C. The molecule has 2 amide bonds. The van der Waals surface area contributed by atoms with Crippen molar-refractivity contribution in [1.29, 1.82) is 0 Å². The zero-order valence-electron chi connectivity index (χ0n) is 19.2. The molecule has 0 aliphatic carbocycles. The van der Waals surface area contributed by atoms with Crippen molar-refractivity contribution in [2.75, 3.05) is 26.2 Å². The van der Waals surface area contributed by atoms with Gasteiger partial charge in [0.25, 0.3) is 0 Å². The van der Waals surface area contributed by atoms with E-state index in [4.69, 9.17) is 10.1 Å². The third-order valence-electron chi connectivity index (χ3n) is 6.30.